The molecule has 7 nitrogen and oxygen atoms in total. The van der Waals surface area contributed by atoms with E-state index in [0.29, 0.717) is 0 Å². The van der Waals surface area contributed by atoms with Gasteiger partial charge in [-0.05, 0) is 11.6 Å². The zero-order chi connectivity index (χ0) is 16.5. The lowest BCUT2D eigenvalue weighted by molar-refractivity contribution is -0.0947. The summed E-state index contributed by atoms with van der Waals surface area (Å²) in [6, 6.07) is 0. The number of aliphatic hydroxyl groups is 2. The summed E-state index contributed by atoms with van der Waals surface area (Å²) < 4.78 is 20.3. The number of rotatable bonds is 5. The highest BCUT2D eigenvalue weighted by molar-refractivity contribution is 6.28. The summed E-state index contributed by atoms with van der Waals surface area (Å²) in [5.74, 6) is 1.42. The van der Waals surface area contributed by atoms with Crippen LogP contribution in [-0.2, 0) is 11.3 Å². The van der Waals surface area contributed by atoms with Crippen LogP contribution in [-0.4, -0.2) is 50.2 Å². The average molecular weight is 329 g/mol. The van der Waals surface area contributed by atoms with E-state index in [1.165, 1.54) is 11.7 Å². The standard InChI is InChI=1S/C13H14ClFN4O3/c1-3-13(6-20,22-2)8(21)5-19-4-7(15)9-10(16)17-12(14)18-11(9)19/h1,4,8,20-21H,5-6H2,2H3,(H2,16,17,18)/t8-,13+/m0/s1. The second-order valence-electron chi connectivity index (χ2n) is 4.62. The minimum absolute atomic E-state index is 0.00989. The zero-order valence-electron chi connectivity index (χ0n) is 11.6. The number of methoxy groups -OCH3 is 1. The van der Waals surface area contributed by atoms with Crippen molar-refractivity contribution >= 4 is 28.5 Å². The molecule has 0 radical (unpaired) electrons. The predicted molar refractivity (Wildman–Crippen MR) is 78.6 cm³/mol. The summed E-state index contributed by atoms with van der Waals surface area (Å²) in [5.41, 5.74) is 4.11. The van der Waals surface area contributed by atoms with Gasteiger partial charge in [-0.15, -0.1) is 6.42 Å². The molecule has 0 fully saturated rings. The number of anilines is 1. The Kier molecular flexibility index (Phi) is 4.53. The summed E-state index contributed by atoms with van der Waals surface area (Å²) in [7, 11) is 1.25. The average Bonchev–Trinajstić information content (AvgIpc) is 2.77. The molecule has 0 aromatic carbocycles. The molecule has 2 heterocycles. The SMILES string of the molecule is C#C[C@](CO)(OC)[C@@H](O)Cn1cc(F)c2c(N)nc(Cl)nc21. The van der Waals surface area contributed by atoms with Gasteiger partial charge in [0.25, 0.3) is 0 Å². The summed E-state index contributed by atoms with van der Waals surface area (Å²) in [6.45, 7) is -0.799. The fraction of sp³-hybridized carbons (Fsp3) is 0.385. The molecule has 9 heteroatoms. The maximum Gasteiger partial charge on any atom is 0.226 e. The molecular weight excluding hydrogens is 315 g/mol. The van der Waals surface area contributed by atoms with Crippen molar-refractivity contribution in [2.24, 2.45) is 0 Å². The molecule has 4 N–H and O–H groups in total. The Morgan fingerprint density at radius 2 is 2.32 bits per heavy atom. The van der Waals surface area contributed by atoms with Gasteiger partial charge in [0.2, 0.25) is 5.28 Å². The molecule has 0 saturated heterocycles. The van der Waals surface area contributed by atoms with E-state index in [1.54, 1.807) is 0 Å². The Labute approximate surface area is 130 Å². The van der Waals surface area contributed by atoms with Crippen molar-refractivity contribution < 1.29 is 19.3 Å². The third kappa shape index (κ3) is 2.60. The summed E-state index contributed by atoms with van der Waals surface area (Å²) in [5, 5.41) is 19.4. The lowest BCUT2D eigenvalue weighted by Crippen LogP contribution is -2.48. The summed E-state index contributed by atoms with van der Waals surface area (Å²) in [6.07, 6.45) is 5.07. The number of ether oxygens (including phenoxy) is 1. The van der Waals surface area contributed by atoms with Crippen molar-refractivity contribution in [3.63, 3.8) is 0 Å². The van der Waals surface area contributed by atoms with Crippen molar-refractivity contribution in [3.8, 4) is 12.3 Å². The summed E-state index contributed by atoms with van der Waals surface area (Å²) in [4.78, 5) is 7.57. The lowest BCUT2D eigenvalue weighted by Gasteiger charge is -2.30. The van der Waals surface area contributed by atoms with Crippen molar-refractivity contribution in [1.82, 2.24) is 14.5 Å². The fourth-order valence-corrected chi connectivity index (χ4v) is 2.29. The first-order valence-electron chi connectivity index (χ1n) is 6.17. The molecule has 22 heavy (non-hydrogen) atoms. The minimum atomic E-state index is -1.62. The van der Waals surface area contributed by atoms with Gasteiger partial charge in [0.1, 0.15) is 17.6 Å². The maximum atomic E-state index is 14.0. The van der Waals surface area contributed by atoms with Crippen LogP contribution < -0.4 is 5.73 Å². The first-order chi connectivity index (χ1) is 10.4. The molecule has 2 aromatic rings. The van der Waals surface area contributed by atoms with Crippen LogP contribution in [0.25, 0.3) is 11.0 Å². The van der Waals surface area contributed by atoms with E-state index in [9.17, 15) is 14.6 Å². The second-order valence-corrected chi connectivity index (χ2v) is 4.96. The van der Waals surface area contributed by atoms with E-state index in [4.69, 9.17) is 28.5 Å². The number of nitrogen functional groups attached to an aromatic ring is 1. The molecule has 0 saturated carbocycles. The highest BCUT2D eigenvalue weighted by atomic mass is 35.5. The highest BCUT2D eigenvalue weighted by Crippen LogP contribution is 2.26. The summed E-state index contributed by atoms with van der Waals surface area (Å²) >= 11 is 5.72. The van der Waals surface area contributed by atoms with Crippen LogP contribution in [0.5, 0.6) is 0 Å². The third-order valence-electron chi connectivity index (χ3n) is 3.42. The Hall–Kier alpha value is -1.92. The van der Waals surface area contributed by atoms with Crippen molar-refractivity contribution in [2.45, 2.75) is 18.2 Å². The molecule has 118 valence electrons. The zero-order valence-corrected chi connectivity index (χ0v) is 12.4. The number of hydrogen-bond acceptors (Lipinski definition) is 6. The van der Waals surface area contributed by atoms with Crippen LogP contribution in [0.15, 0.2) is 6.20 Å². The Morgan fingerprint density at radius 3 is 2.86 bits per heavy atom. The van der Waals surface area contributed by atoms with Gasteiger partial charge in [0.15, 0.2) is 11.4 Å². The number of hydrogen-bond donors (Lipinski definition) is 3. The number of terminal acetylenes is 1. The molecule has 0 aliphatic heterocycles. The third-order valence-corrected chi connectivity index (χ3v) is 3.59. The largest absolute Gasteiger partial charge is 0.392 e. The number of aromatic nitrogens is 3. The Bertz CT molecular complexity index is 739. The molecule has 0 unspecified atom stereocenters. The Balaban J connectivity index is 2.47. The smallest absolute Gasteiger partial charge is 0.226 e. The molecule has 0 aliphatic rings. The van der Waals surface area contributed by atoms with Crippen LogP contribution >= 0.6 is 11.6 Å². The van der Waals surface area contributed by atoms with E-state index in [-0.39, 0.29) is 28.7 Å². The lowest BCUT2D eigenvalue weighted by atomic mass is 9.98. The van der Waals surface area contributed by atoms with E-state index >= 15 is 0 Å². The van der Waals surface area contributed by atoms with Crippen LogP contribution in [0.2, 0.25) is 5.28 Å². The molecule has 0 aliphatic carbocycles. The minimum Gasteiger partial charge on any atom is -0.392 e. The van der Waals surface area contributed by atoms with E-state index in [2.05, 4.69) is 15.9 Å². The molecule has 2 atom stereocenters. The van der Waals surface area contributed by atoms with Crippen LogP contribution in [0.1, 0.15) is 0 Å². The molecular formula is C13H14ClFN4O3. The van der Waals surface area contributed by atoms with Gasteiger partial charge in [-0.2, -0.15) is 4.98 Å². The van der Waals surface area contributed by atoms with Gasteiger partial charge in [-0.1, -0.05) is 5.92 Å². The molecule has 0 bridgehead atoms. The molecule has 0 spiro atoms. The quantitative estimate of drug-likeness (QED) is 0.534. The molecule has 2 rings (SSSR count). The normalized spacial score (nSPS) is 15.5. The number of aliphatic hydroxyl groups excluding tert-OH is 2. The number of nitrogens with two attached hydrogens (primary N) is 1. The second kappa shape index (κ2) is 6.06. The van der Waals surface area contributed by atoms with Gasteiger partial charge in [0.05, 0.1) is 18.5 Å². The van der Waals surface area contributed by atoms with Crippen molar-refractivity contribution in [3.05, 3.63) is 17.3 Å². The van der Waals surface area contributed by atoms with Gasteiger partial charge >= 0.3 is 0 Å². The number of halogens is 2. The van der Waals surface area contributed by atoms with E-state index < -0.39 is 24.1 Å². The maximum absolute atomic E-state index is 14.0. The van der Waals surface area contributed by atoms with Crippen molar-refractivity contribution in [1.29, 1.82) is 0 Å². The number of nitrogens with zero attached hydrogens (tertiary/aromatic N) is 3. The van der Waals surface area contributed by atoms with Crippen LogP contribution in [0, 0.1) is 18.2 Å². The highest BCUT2D eigenvalue weighted by Gasteiger charge is 2.36. The topological polar surface area (TPSA) is 106 Å². The van der Waals surface area contributed by atoms with Gasteiger partial charge in [-0.3, -0.25) is 0 Å². The molecule has 0 amide bonds. The monoisotopic (exact) mass is 328 g/mol. The van der Waals surface area contributed by atoms with Crippen LogP contribution in [0.4, 0.5) is 10.2 Å². The fourth-order valence-electron chi connectivity index (χ4n) is 2.12. The van der Waals surface area contributed by atoms with Crippen molar-refractivity contribution in [2.75, 3.05) is 19.5 Å². The van der Waals surface area contributed by atoms with E-state index in [0.717, 1.165) is 6.20 Å². The van der Waals surface area contributed by atoms with Gasteiger partial charge in [-0.25, -0.2) is 9.37 Å². The van der Waals surface area contributed by atoms with E-state index in [1.807, 2.05) is 0 Å². The Morgan fingerprint density at radius 1 is 1.64 bits per heavy atom. The first-order valence-corrected chi connectivity index (χ1v) is 6.55. The molecule has 2 aromatic heterocycles. The predicted octanol–water partition coefficient (Wildman–Crippen LogP) is 0.178. The van der Waals surface area contributed by atoms with Gasteiger partial charge < -0.3 is 25.3 Å². The van der Waals surface area contributed by atoms with Gasteiger partial charge in [0, 0.05) is 13.3 Å². The van der Waals surface area contributed by atoms with Crippen LogP contribution in [0.3, 0.4) is 0 Å². The number of fused-ring (bicyclic) bond motifs is 1. The first kappa shape index (κ1) is 16.5.